The summed E-state index contributed by atoms with van der Waals surface area (Å²) < 4.78 is 6.07. The Bertz CT molecular complexity index is 1860. The molecule has 2 heterocycles. The molecule has 0 aliphatic carbocycles. The number of aromatic hydroxyl groups is 2. The average molecular weight is 648 g/mol. The van der Waals surface area contributed by atoms with E-state index in [0.717, 1.165) is 62.1 Å². The van der Waals surface area contributed by atoms with Crippen molar-refractivity contribution in [1.29, 1.82) is 0 Å². The van der Waals surface area contributed by atoms with Gasteiger partial charge < -0.3 is 35.3 Å². The number of fused-ring (bicyclic) bond motifs is 1. The Balaban J connectivity index is 0.973. The van der Waals surface area contributed by atoms with E-state index in [2.05, 4.69) is 70.8 Å². The second-order valence-electron chi connectivity index (χ2n) is 13.0. The van der Waals surface area contributed by atoms with Crippen molar-refractivity contribution in [2.45, 2.75) is 43.6 Å². The highest BCUT2D eigenvalue weighted by Crippen LogP contribution is 2.45. The van der Waals surface area contributed by atoms with Gasteiger partial charge in [-0.3, -0.25) is 4.79 Å². The Morgan fingerprint density at radius 3 is 2.38 bits per heavy atom. The van der Waals surface area contributed by atoms with Crippen molar-refractivity contribution >= 4 is 10.9 Å². The van der Waals surface area contributed by atoms with Crippen molar-refractivity contribution in [3.05, 3.63) is 135 Å². The molecule has 4 aromatic carbocycles. The van der Waals surface area contributed by atoms with E-state index in [-0.39, 0.29) is 16.7 Å². The molecular weight excluding hydrogens is 602 g/mol. The summed E-state index contributed by atoms with van der Waals surface area (Å²) in [5.74, 6) is 1.19. The van der Waals surface area contributed by atoms with Gasteiger partial charge in [0.15, 0.2) is 0 Å². The maximum Gasteiger partial charge on any atom is 0.248 e. The molecule has 6 rings (SSSR count). The van der Waals surface area contributed by atoms with E-state index in [1.807, 2.05) is 24.3 Å². The van der Waals surface area contributed by atoms with Gasteiger partial charge in [-0.25, -0.2) is 0 Å². The SMILES string of the molecule is CN1CCC(c2ccccc2)(c2cc(CCCOc3ccc(CCNCC(O)c4ccc(O)c5[nH]c(=O)ccc45)cc3)ccc2O)CC1. The van der Waals surface area contributed by atoms with Gasteiger partial charge in [0, 0.05) is 29.0 Å². The average Bonchev–Trinajstić information content (AvgIpc) is 3.11. The van der Waals surface area contributed by atoms with E-state index in [4.69, 9.17) is 4.74 Å². The molecule has 5 aromatic rings. The second-order valence-corrected chi connectivity index (χ2v) is 13.0. The number of aryl methyl sites for hydroxylation is 1. The summed E-state index contributed by atoms with van der Waals surface area (Å²) in [6, 6.07) is 31.0. The maximum absolute atomic E-state index is 11.7. The van der Waals surface area contributed by atoms with Crippen molar-refractivity contribution in [3.63, 3.8) is 0 Å². The van der Waals surface area contributed by atoms with Gasteiger partial charge in [0.1, 0.15) is 17.2 Å². The number of rotatable bonds is 13. The Morgan fingerprint density at radius 2 is 1.60 bits per heavy atom. The van der Waals surface area contributed by atoms with Gasteiger partial charge in [0.2, 0.25) is 5.56 Å². The summed E-state index contributed by atoms with van der Waals surface area (Å²) >= 11 is 0. The third kappa shape index (κ3) is 7.57. The molecule has 0 amide bonds. The first-order valence-electron chi connectivity index (χ1n) is 16.8. The third-order valence-electron chi connectivity index (χ3n) is 9.74. The largest absolute Gasteiger partial charge is 0.508 e. The molecule has 1 aliphatic rings. The van der Waals surface area contributed by atoms with E-state index in [9.17, 15) is 20.1 Å². The van der Waals surface area contributed by atoms with Crippen molar-refractivity contribution < 1.29 is 20.1 Å². The van der Waals surface area contributed by atoms with Crippen LogP contribution in [0.3, 0.4) is 0 Å². The summed E-state index contributed by atoms with van der Waals surface area (Å²) in [5, 5.41) is 35.8. The number of benzene rings is 4. The predicted molar refractivity (Wildman–Crippen MR) is 190 cm³/mol. The first-order valence-corrected chi connectivity index (χ1v) is 16.8. The van der Waals surface area contributed by atoms with Gasteiger partial charge >= 0.3 is 0 Å². The van der Waals surface area contributed by atoms with Crippen LogP contribution in [0.1, 0.15) is 53.2 Å². The second kappa shape index (κ2) is 15.1. The number of nitrogens with zero attached hydrogens (tertiary/aromatic N) is 1. The monoisotopic (exact) mass is 647 g/mol. The molecule has 8 nitrogen and oxygen atoms in total. The highest BCUT2D eigenvalue weighted by Gasteiger charge is 2.39. The van der Waals surface area contributed by atoms with E-state index < -0.39 is 6.10 Å². The number of phenolic OH excluding ortho intramolecular Hbond substituents is 2. The molecule has 1 aliphatic heterocycles. The number of likely N-dealkylation sites (tertiary alicyclic amines) is 1. The van der Waals surface area contributed by atoms with Crippen LogP contribution in [0.5, 0.6) is 17.2 Å². The number of aromatic amines is 1. The van der Waals surface area contributed by atoms with E-state index in [1.165, 1.54) is 23.3 Å². The van der Waals surface area contributed by atoms with Crippen molar-refractivity contribution in [2.24, 2.45) is 0 Å². The van der Waals surface area contributed by atoms with E-state index in [0.29, 0.717) is 41.9 Å². The quantitative estimate of drug-likeness (QED) is 0.102. The minimum absolute atomic E-state index is 0.0228. The zero-order valence-corrected chi connectivity index (χ0v) is 27.5. The molecule has 1 saturated heterocycles. The number of hydrogen-bond donors (Lipinski definition) is 5. The molecule has 1 unspecified atom stereocenters. The summed E-state index contributed by atoms with van der Waals surface area (Å²) in [7, 11) is 2.17. The lowest BCUT2D eigenvalue weighted by Crippen LogP contribution is -2.41. The first-order chi connectivity index (χ1) is 23.3. The lowest BCUT2D eigenvalue weighted by molar-refractivity contribution is 0.176. The van der Waals surface area contributed by atoms with Crippen LogP contribution in [0.25, 0.3) is 10.9 Å². The lowest BCUT2D eigenvalue weighted by atomic mass is 9.67. The van der Waals surface area contributed by atoms with Gasteiger partial charge in [-0.05, 0) is 111 Å². The third-order valence-corrected chi connectivity index (χ3v) is 9.74. The maximum atomic E-state index is 11.7. The van der Waals surface area contributed by atoms with E-state index in [1.54, 1.807) is 12.1 Å². The molecule has 8 heteroatoms. The topological polar surface area (TPSA) is 118 Å². The zero-order valence-electron chi connectivity index (χ0n) is 27.5. The van der Waals surface area contributed by atoms with E-state index >= 15 is 0 Å². The molecule has 0 bridgehead atoms. The van der Waals surface area contributed by atoms with Crippen molar-refractivity contribution in [1.82, 2.24) is 15.2 Å². The molecule has 0 saturated carbocycles. The van der Waals surface area contributed by atoms with Crippen LogP contribution in [-0.4, -0.2) is 65.0 Å². The highest BCUT2D eigenvalue weighted by molar-refractivity contribution is 5.87. The molecule has 1 fully saturated rings. The molecular formula is C40H45N3O5. The van der Waals surface area contributed by atoms with Gasteiger partial charge in [-0.2, -0.15) is 0 Å². The fourth-order valence-electron chi connectivity index (χ4n) is 6.94. The Hall–Kier alpha value is -4.63. The molecule has 0 spiro atoms. The molecule has 1 atom stereocenters. The number of phenols is 2. The Kier molecular flexibility index (Phi) is 10.4. The van der Waals surface area contributed by atoms with Crippen LogP contribution in [0.2, 0.25) is 0 Å². The van der Waals surface area contributed by atoms with Gasteiger partial charge in [0.25, 0.3) is 0 Å². The molecule has 1 aromatic heterocycles. The van der Waals surface area contributed by atoms with Crippen molar-refractivity contribution in [3.8, 4) is 17.2 Å². The first kappa shape index (κ1) is 33.3. The number of aliphatic hydroxyl groups excluding tert-OH is 1. The van der Waals surface area contributed by atoms with Crippen LogP contribution >= 0.6 is 0 Å². The summed E-state index contributed by atoms with van der Waals surface area (Å²) in [5.41, 5.74) is 5.16. The normalized spacial score (nSPS) is 15.4. The predicted octanol–water partition coefficient (Wildman–Crippen LogP) is 5.83. The van der Waals surface area contributed by atoms with Crippen LogP contribution in [0.15, 0.2) is 102 Å². The molecule has 5 N–H and O–H groups in total. The molecule has 0 radical (unpaired) electrons. The fraction of sp³-hybridized carbons (Fsp3) is 0.325. The number of pyridine rings is 1. The molecule has 48 heavy (non-hydrogen) atoms. The lowest BCUT2D eigenvalue weighted by Gasteiger charge is -2.42. The van der Waals surface area contributed by atoms with Gasteiger partial charge in [-0.1, -0.05) is 60.7 Å². The smallest absolute Gasteiger partial charge is 0.248 e. The zero-order chi connectivity index (χ0) is 33.5. The summed E-state index contributed by atoms with van der Waals surface area (Å²) in [6.45, 7) is 3.61. The minimum Gasteiger partial charge on any atom is -0.508 e. The number of nitrogens with one attached hydrogen (secondary N) is 2. The van der Waals surface area contributed by atoms with Gasteiger partial charge in [0.05, 0.1) is 18.2 Å². The number of aliphatic hydroxyl groups is 1. The highest BCUT2D eigenvalue weighted by atomic mass is 16.5. The number of piperidine rings is 1. The summed E-state index contributed by atoms with van der Waals surface area (Å²) in [6.07, 6.45) is 3.69. The fourth-order valence-corrected chi connectivity index (χ4v) is 6.94. The standard InChI is InChI=1S/C40H45N3O5/c1-43-23-20-40(21-24-43,30-7-3-2-4-8-30)34-26-29(11-16-35(34)44)6-5-25-48-31-12-9-28(10-13-31)19-22-41-27-37(46)32-14-17-36(45)39-33(32)15-18-38(47)42-39/h2-4,7-18,26,37,41,44-46H,5-6,19-25,27H2,1H3,(H,42,47). The number of H-pyrrole nitrogens is 1. The summed E-state index contributed by atoms with van der Waals surface area (Å²) in [4.78, 5) is 16.7. The minimum atomic E-state index is -0.790. The van der Waals surface area contributed by atoms with Crippen LogP contribution in [-0.2, 0) is 18.3 Å². The molecule has 250 valence electrons. The number of ether oxygens (including phenoxy) is 1. The Morgan fingerprint density at radius 1 is 0.875 bits per heavy atom. The van der Waals surface area contributed by atoms with Crippen LogP contribution in [0.4, 0.5) is 0 Å². The van der Waals surface area contributed by atoms with Crippen molar-refractivity contribution in [2.75, 3.05) is 39.8 Å². The number of aromatic nitrogens is 1. The van der Waals surface area contributed by atoms with Gasteiger partial charge in [-0.15, -0.1) is 0 Å². The Labute approximate surface area is 281 Å². The van der Waals surface area contributed by atoms with Crippen LogP contribution < -0.4 is 15.6 Å². The number of hydrogen-bond acceptors (Lipinski definition) is 7. The van der Waals surface area contributed by atoms with Crippen LogP contribution in [0, 0.1) is 0 Å².